The second kappa shape index (κ2) is 22.3. The van der Waals surface area contributed by atoms with Crippen LogP contribution >= 0.6 is 0 Å². The molecule has 1 unspecified atom stereocenters. The first-order valence-corrected chi connectivity index (χ1v) is 15.9. The Morgan fingerprint density at radius 3 is 1.66 bits per heavy atom. The lowest BCUT2D eigenvalue weighted by atomic mass is 10.0. The summed E-state index contributed by atoms with van der Waals surface area (Å²) >= 11 is 0. The normalized spacial score (nSPS) is 12.7. The molecule has 1 aromatic rings. The van der Waals surface area contributed by atoms with Gasteiger partial charge in [0.25, 0.3) is 10.1 Å². The number of hydrogen-bond acceptors (Lipinski definition) is 5. The van der Waals surface area contributed by atoms with Crippen LogP contribution in [0.4, 0.5) is 0 Å². The van der Waals surface area contributed by atoms with E-state index in [0.29, 0.717) is 19.8 Å². The predicted molar refractivity (Wildman–Crippen MR) is 146 cm³/mol. The van der Waals surface area contributed by atoms with E-state index in [1.54, 1.807) is 0 Å². The zero-order chi connectivity index (χ0) is 25.5. The van der Waals surface area contributed by atoms with E-state index in [0.717, 1.165) is 18.2 Å². The Labute approximate surface area is 216 Å². The molecule has 1 rings (SSSR count). The molecule has 204 valence electrons. The van der Waals surface area contributed by atoms with Crippen LogP contribution in [0.15, 0.2) is 30.3 Å². The van der Waals surface area contributed by atoms with Gasteiger partial charge in [-0.1, -0.05) is 134 Å². The number of ether oxygens (including phenoxy) is 2. The summed E-state index contributed by atoms with van der Waals surface area (Å²) < 4.78 is 39.2. The summed E-state index contributed by atoms with van der Waals surface area (Å²) in [4.78, 5) is 0. The van der Waals surface area contributed by atoms with E-state index in [1.165, 1.54) is 96.3 Å². The molecule has 0 aliphatic heterocycles. The van der Waals surface area contributed by atoms with Gasteiger partial charge in [-0.25, -0.2) is 0 Å². The van der Waals surface area contributed by atoms with Crippen LogP contribution in [0.5, 0.6) is 0 Å². The highest BCUT2D eigenvalue weighted by molar-refractivity contribution is 7.85. The minimum Gasteiger partial charge on any atom is -0.379 e. The summed E-state index contributed by atoms with van der Waals surface area (Å²) in [5.74, 6) is 0. The number of unbranched alkanes of at least 4 members (excludes halogenated alkanes) is 15. The van der Waals surface area contributed by atoms with Crippen molar-refractivity contribution in [3.05, 3.63) is 35.9 Å². The summed E-state index contributed by atoms with van der Waals surface area (Å²) in [5, 5.41) is 0. The smallest absolute Gasteiger partial charge is 0.264 e. The van der Waals surface area contributed by atoms with Gasteiger partial charge in [-0.2, -0.15) is 8.42 Å². The van der Waals surface area contributed by atoms with E-state index in [9.17, 15) is 8.42 Å². The minimum atomic E-state index is -3.50. The molecule has 0 spiro atoms. The molecular weight excluding hydrogens is 460 g/mol. The predicted octanol–water partition coefficient (Wildman–Crippen LogP) is 7.83. The van der Waals surface area contributed by atoms with Crippen molar-refractivity contribution >= 4 is 10.1 Å². The van der Waals surface area contributed by atoms with Crippen LogP contribution in [0.3, 0.4) is 0 Å². The third kappa shape index (κ3) is 22.0. The molecule has 0 aliphatic carbocycles. The Morgan fingerprint density at radius 2 is 1.17 bits per heavy atom. The Kier molecular flexibility index (Phi) is 20.4. The van der Waals surface area contributed by atoms with E-state index in [1.807, 2.05) is 30.3 Å². The van der Waals surface area contributed by atoms with Crippen molar-refractivity contribution in [2.45, 2.75) is 122 Å². The molecule has 35 heavy (non-hydrogen) atoms. The van der Waals surface area contributed by atoms with Gasteiger partial charge in [-0.05, 0) is 12.0 Å². The molecule has 0 saturated heterocycles. The van der Waals surface area contributed by atoms with Crippen molar-refractivity contribution in [2.24, 2.45) is 0 Å². The summed E-state index contributed by atoms with van der Waals surface area (Å²) in [6.45, 7) is 3.66. The van der Waals surface area contributed by atoms with E-state index in [2.05, 4.69) is 6.92 Å². The van der Waals surface area contributed by atoms with Crippen LogP contribution in [0.2, 0.25) is 0 Å². The molecule has 1 aromatic carbocycles. The van der Waals surface area contributed by atoms with Gasteiger partial charge in [0.1, 0.15) is 6.10 Å². The van der Waals surface area contributed by atoms with Crippen molar-refractivity contribution in [3.8, 4) is 0 Å². The standard InChI is InChI=1S/C29H52O5S/c1-3-4-5-6-7-8-9-10-11-12-13-14-15-16-17-21-24-32-26-29(27-34-35(2,30)31)33-25-28-22-19-18-20-23-28/h18-20,22-23,29H,3-17,21,24-27H2,1-2H3. The number of rotatable bonds is 25. The first kappa shape index (κ1) is 32.1. The fourth-order valence-electron chi connectivity index (χ4n) is 4.10. The molecule has 1 atom stereocenters. The third-order valence-corrected chi connectivity index (χ3v) is 6.81. The highest BCUT2D eigenvalue weighted by Gasteiger charge is 2.14. The fourth-order valence-corrected chi connectivity index (χ4v) is 4.50. The molecule has 0 radical (unpaired) electrons. The molecule has 0 fully saturated rings. The van der Waals surface area contributed by atoms with Gasteiger partial charge in [-0.3, -0.25) is 4.18 Å². The molecule has 0 bridgehead atoms. The maximum Gasteiger partial charge on any atom is 0.264 e. The van der Waals surface area contributed by atoms with Gasteiger partial charge in [-0.15, -0.1) is 0 Å². The molecule has 6 heteroatoms. The lowest BCUT2D eigenvalue weighted by Gasteiger charge is -2.18. The van der Waals surface area contributed by atoms with Gasteiger partial charge in [0.2, 0.25) is 0 Å². The Balaban J connectivity index is 1.96. The largest absolute Gasteiger partial charge is 0.379 e. The van der Waals surface area contributed by atoms with Crippen LogP contribution < -0.4 is 0 Å². The van der Waals surface area contributed by atoms with Crippen LogP contribution in [0.25, 0.3) is 0 Å². The molecule has 0 heterocycles. The Hall–Kier alpha value is -0.950. The molecule has 0 N–H and O–H groups in total. The average Bonchev–Trinajstić information content (AvgIpc) is 2.84. The first-order chi connectivity index (χ1) is 17.0. The molecule has 0 aliphatic rings. The van der Waals surface area contributed by atoms with Gasteiger partial charge in [0, 0.05) is 6.61 Å². The topological polar surface area (TPSA) is 61.8 Å². The minimum absolute atomic E-state index is 0.0232. The summed E-state index contributed by atoms with van der Waals surface area (Å²) in [5.41, 5.74) is 1.04. The Morgan fingerprint density at radius 1 is 0.686 bits per heavy atom. The molecular formula is C29H52O5S. The maximum atomic E-state index is 11.3. The lowest BCUT2D eigenvalue weighted by molar-refractivity contribution is -0.0443. The van der Waals surface area contributed by atoms with Gasteiger partial charge < -0.3 is 9.47 Å². The van der Waals surface area contributed by atoms with E-state index < -0.39 is 16.2 Å². The first-order valence-electron chi connectivity index (χ1n) is 14.1. The van der Waals surface area contributed by atoms with E-state index in [4.69, 9.17) is 13.7 Å². The van der Waals surface area contributed by atoms with Crippen LogP contribution in [0, 0.1) is 0 Å². The van der Waals surface area contributed by atoms with Crippen molar-refractivity contribution in [3.63, 3.8) is 0 Å². The second-order valence-electron chi connectivity index (χ2n) is 9.79. The second-order valence-corrected chi connectivity index (χ2v) is 11.4. The maximum absolute atomic E-state index is 11.3. The van der Waals surface area contributed by atoms with Gasteiger partial charge >= 0.3 is 0 Å². The zero-order valence-electron chi connectivity index (χ0n) is 22.6. The van der Waals surface area contributed by atoms with Gasteiger partial charge in [0.15, 0.2) is 0 Å². The SMILES string of the molecule is CCCCCCCCCCCCCCCCCCOCC(COS(C)(=O)=O)OCc1ccccc1. The monoisotopic (exact) mass is 512 g/mol. The van der Waals surface area contributed by atoms with Gasteiger partial charge in [0.05, 0.1) is 26.1 Å². The molecule has 5 nitrogen and oxygen atoms in total. The quantitative estimate of drug-likeness (QED) is 0.0987. The van der Waals surface area contributed by atoms with Crippen molar-refractivity contribution < 1.29 is 22.1 Å². The summed E-state index contributed by atoms with van der Waals surface area (Å²) in [7, 11) is -3.50. The van der Waals surface area contributed by atoms with Crippen LogP contribution in [0.1, 0.15) is 115 Å². The molecule has 0 amide bonds. The fraction of sp³-hybridized carbons (Fsp3) is 0.793. The summed E-state index contributed by atoms with van der Waals surface area (Å²) in [6.07, 6.45) is 22.2. The third-order valence-electron chi connectivity index (χ3n) is 6.24. The van der Waals surface area contributed by atoms with Crippen molar-refractivity contribution in [1.29, 1.82) is 0 Å². The average molecular weight is 513 g/mol. The van der Waals surface area contributed by atoms with E-state index >= 15 is 0 Å². The number of benzene rings is 1. The molecule has 0 saturated carbocycles. The van der Waals surface area contributed by atoms with Crippen molar-refractivity contribution in [2.75, 3.05) is 26.1 Å². The number of hydrogen-bond donors (Lipinski definition) is 0. The van der Waals surface area contributed by atoms with Crippen LogP contribution in [-0.4, -0.2) is 40.6 Å². The van der Waals surface area contributed by atoms with Crippen LogP contribution in [-0.2, 0) is 30.4 Å². The van der Waals surface area contributed by atoms with Crippen molar-refractivity contribution in [1.82, 2.24) is 0 Å². The Bertz CT molecular complexity index is 678. The van der Waals surface area contributed by atoms with E-state index in [-0.39, 0.29) is 6.61 Å². The molecule has 0 aromatic heterocycles. The lowest BCUT2D eigenvalue weighted by Crippen LogP contribution is -2.27. The summed E-state index contributed by atoms with van der Waals surface area (Å²) in [6, 6.07) is 9.81. The zero-order valence-corrected chi connectivity index (χ0v) is 23.4. The highest BCUT2D eigenvalue weighted by Crippen LogP contribution is 2.14. The highest BCUT2D eigenvalue weighted by atomic mass is 32.2.